The molecule has 10 heteroatoms. The van der Waals surface area contributed by atoms with Crippen molar-refractivity contribution in [3.8, 4) is 0 Å². The molecule has 2 heterocycles. The van der Waals surface area contributed by atoms with Crippen molar-refractivity contribution >= 4 is 67.0 Å². The molecule has 1 saturated heterocycles. The molecular weight excluding hydrogens is 655 g/mol. The number of rotatable bonds is 9. The molecule has 0 spiro atoms. The van der Waals surface area contributed by atoms with Crippen LogP contribution in [0.4, 0.5) is 0 Å². The van der Waals surface area contributed by atoms with Crippen LogP contribution in [-0.2, 0) is 23.9 Å². The molecule has 0 aromatic heterocycles. The first-order chi connectivity index (χ1) is 17.2. The van der Waals surface area contributed by atoms with Gasteiger partial charge in [0, 0.05) is 17.5 Å². The van der Waals surface area contributed by atoms with E-state index in [1.807, 2.05) is 0 Å². The SMILES string of the molecule is CC1(OCC(=O)NCCCC[CH2][Tl])C=Cc2cccc3c2C(=C1)C(=O)N(C1CCC(=O)NC1=O)C3=O. The van der Waals surface area contributed by atoms with E-state index in [9.17, 15) is 24.0 Å². The van der Waals surface area contributed by atoms with E-state index < -0.39 is 35.3 Å². The summed E-state index contributed by atoms with van der Waals surface area (Å²) in [4.78, 5) is 64.4. The predicted molar refractivity (Wildman–Crippen MR) is 133 cm³/mol. The number of nitrogens with zero attached hydrogens (tertiary/aromatic N) is 1. The van der Waals surface area contributed by atoms with Crippen LogP contribution in [-0.4, -0.2) is 85.0 Å². The first-order valence-electron chi connectivity index (χ1n) is 12.1. The summed E-state index contributed by atoms with van der Waals surface area (Å²) in [7, 11) is 0. The number of nitrogens with one attached hydrogen (secondary N) is 2. The van der Waals surface area contributed by atoms with Crippen LogP contribution in [0.2, 0.25) is 3.98 Å². The van der Waals surface area contributed by atoms with Crippen LogP contribution in [0, 0.1) is 0 Å². The van der Waals surface area contributed by atoms with Gasteiger partial charge in [-0.15, -0.1) is 0 Å². The molecule has 1 fully saturated rings. The second kappa shape index (κ2) is 11.2. The molecule has 1 aliphatic carbocycles. The van der Waals surface area contributed by atoms with E-state index in [2.05, 4.69) is 10.6 Å². The Hall–Kier alpha value is -2.67. The number of unbranched alkanes of at least 4 members (excludes halogenated alkanes) is 2. The number of imide groups is 2. The summed E-state index contributed by atoms with van der Waals surface area (Å²) >= 11 is 1.01. The van der Waals surface area contributed by atoms with Crippen LogP contribution in [0.3, 0.4) is 0 Å². The first kappa shape index (κ1) is 26.4. The minimum Gasteiger partial charge on any atom is -0.295 e. The van der Waals surface area contributed by atoms with Gasteiger partial charge < -0.3 is 0 Å². The van der Waals surface area contributed by atoms with Crippen LogP contribution in [0.25, 0.3) is 11.6 Å². The monoisotopic (exact) mass is 683 g/mol. The second-order valence-electron chi connectivity index (χ2n) is 9.28. The molecule has 4 rings (SSSR count). The van der Waals surface area contributed by atoms with E-state index in [-0.39, 0.29) is 30.9 Å². The topological polar surface area (TPSA) is 122 Å². The average molecular weight is 683 g/mol. The molecule has 2 aliphatic heterocycles. The molecule has 2 N–H and O–H groups in total. The van der Waals surface area contributed by atoms with Gasteiger partial charge in [-0.3, -0.25) is 29.4 Å². The normalized spacial score (nSPS) is 23.1. The molecule has 9 nitrogen and oxygen atoms in total. The number of hydrogen-bond acceptors (Lipinski definition) is 6. The van der Waals surface area contributed by atoms with Gasteiger partial charge in [-0.05, 0) is 18.1 Å². The van der Waals surface area contributed by atoms with Crippen molar-refractivity contribution in [2.24, 2.45) is 0 Å². The third kappa shape index (κ3) is 5.51. The number of benzene rings is 1. The molecular formula is C26H28N3O6Tl. The summed E-state index contributed by atoms with van der Waals surface area (Å²) in [5, 5.41) is 5.08. The van der Waals surface area contributed by atoms with Gasteiger partial charge in [-0.25, -0.2) is 0 Å². The van der Waals surface area contributed by atoms with Gasteiger partial charge in [0.1, 0.15) is 6.04 Å². The zero-order valence-electron chi connectivity index (χ0n) is 20.2. The number of amides is 5. The van der Waals surface area contributed by atoms with E-state index in [4.69, 9.17) is 4.74 Å². The number of piperidine rings is 1. The Morgan fingerprint density at radius 1 is 1.19 bits per heavy atom. The summed E-state index contributed by atoms with van der Waals surface area (Å²) in [6, 6.07) is 4.05. The zero-order chi connectivity index (χ0) is 25.9. The van der Waals surface area contributed by atoms with E-state index >= 15 is 0 Å². The third-order valence-corrected chi connectivity index (χ3v) is 8.12. The van der Waals surface area contributed by atoms with Gasteiger partial charge in [0.05, 0.1) is 0 Å². The van der Waals surface area contributed by atoms with Gasteiger partial charge in [-0.1, -0.05) is 12.1 Å². The summed E-state index contributed by atoms with van der Waals surface area (Å²) in [5.74, 6) is -2.55. The molecule has 0 saturated carbocycles. The van der Waals surface area contributed by atoms with Crippen LogP contribution >= 0.6 is 0 Å². The molecule has 2 unspecified atom stereocenters. The van der Waals surface area contributed by atoms with Gasteiger partial charge in [0.25, 0.3) is 11.8 Å². The van der Waals surface area contributed by atoms with Crippen LogP contribution in [0.5, 0.6) is 0 Å². The Kier molecular flexibility index (Phi) is 8.18. The Bertz CT molecular complexity index is 1180. The summed E-state index contributed by atoms with van der Waals surface area (Å²) in [6.45, 7) is 2.14. The largest absolute Gasteiger partial charge is 0.295 e. The average Bonchev–Trinajstić information content (AvgIpc) is 3.00. The fourth-order valence-electron chi connectivity index (χ4n) is 4.62. The first-order valence-corrected chi connectivity index (χ1v) is 15.3. The molecule has 1 aromatic carbocycles. The standard InChI is InChI=1S/C26H28N3O6.Tl/c1-3-4-5-13-27-21(31)15-35-26(2)12-11-16-7-6-8-17-22(16)18(14-26)25(34)29(24(17)33)19-9-10-20(30)28-23(19)32;/h6-8,11-12,14,19H,1,3-5,9-10,13,15H2,2H3,(H,27,31)(H,28,30,32);. The minimum absolute atomic E-state index is 0.0391. The van der Waals surface area contributed by atoms with E-state index in [1.54, 1.807) is 43.4 Å². The van der Waals surface area contributed by atoms with Crippen molar-refractivity contribution in [2.75, 3.05) is 13.2 Å². The molecule has 186 valence electrons. The van der Waals surface area contributed by atoms with Crippen molar-refractivity contribution in [3.63, 3.8) is 0 Å². The second-order valence-corrected chi connectivity index (χ2v) is 11.5. The number of ether oxygens (including phenoxy) is 1. The van der Waals surface area contributed by atoms with Crippen molar-refractivity contribution in [3.05, 3.63) is 47.0 Å². The molecule has 3 aliphatic rings. The van der Waals surface area contributed by atoms with Gasteiger partial charge >= 0.3 is 119 Å². The van der Waals surface area contributed by atoms with E-state index in [1.165, 1.54) is 10.4 Å². The van der Waals surface area contributed by atoms with Crippen molar-refractivity contribution < 1.29 is 28.7 Å². The van der Waals surface area contributed by atoms with Crippen LogP contribution < -0.4 is 10.6 Å². The maximum absolute atomic E-state index is 13.7. The fraction of sp³-hybridized carbons (Fsp3) is 0.423. The maximum Gasteiger partial charge on any atom is 0.262 e. The van der Waals surface area contributed by atoms with Crippen molar-refractivity contribution in [2.45, 2.75) is 54.7 Å². The molecule has 2 atom stereocenters. The minimum atomic E-state index is -1.11. The quantitative estimate of drug-likeness (QED) is 0.232. The Morgan fingerprint density at radius 2 is 2.00 bits per heavy atom. The Morgan fingerprint density at radius 3 is 2.75 bits per heavy atom. The van der Waals surface area contributed by atoms with E-state index in [0.717, 1.165) is 43.5 Å². The number of hydrogen-bond donors (Lipinski definition) is 2. The molecule has 5 amide bonds. The maximum atomic E-state index is 13.7. The molecule has 0 radical (unpaired) electrons. The zero-order valence-corrected chi connectivity index (χ0v) is 24.7. The Balaban J connectivity index is 1.58. The smallest absolute Gasteiger partial charge is 0.262 e. The molecule has 1 aromatic rings. The number of carbonyl (C=O) groups excluding carboxylic acids is 5. The van der Waals surface area contributed by atoms with Crippen LogP contribution in [0.15, 0.2) is 30.4 Å². The van der Waals surface area contributed by atoms with Gasteiger partial charge in [0.15, 0.2) is 0 Å². The summed E-state index contributed by atoms with van der Waals surface area (Å²) in [5.41, 5.74) is 0.554. The fourth-order valence-corrected chi connectivity index (χ4v) is 5.74. The molecule has 36 heavy (non-hydrogen) atoms. The summed E-state index contributed by atoms with van der Waals surface area (Å²) in [6.07, 6.45) is 8.45. The third-order valence-electron chi connectivity index (χ3n) is 6.53. The Labute approximate surface area is 225 Å². The van der Waals surface area contributed by atoms with Crippen molar-refractivity contribution in [1.82, 2.24) is 15.5 Å². The summed E-state index contributed by atoms with van der Waals surface area (Å²) < 4.78 is 7.24. The predicted octanol–water partition coefficient (Wildman–Crippen LogP) is 1.53. The van der Waals surface area contributed by atoms with Gasteiger partial charge in [0.2, 0.25) is 11.8 Å². The van der Waals surface area contributed by atoms with Crippen molar-refractivity contribution in [1.29, 1.82) is 0 Å². The number of carbonyl (C=O) groups is 5. The van der Waals surface area contributed by atoms with E-state index in [0.29, 0.717) is 23.2 Å². The van der Waals surface area contributed by atoms with Crippen LogP contribution in [0.1, 0.15) is 60.5 Å². The van der Waals surface area contributed by atoms with Gasteiger partial charge in [-0.2, -0.15) is 0 Å². The molecule has 0 bridgehead atoms.